The van der Waals surface area contributed by atoms with E-state index in [0.717, 1.165) is 11.4 Å². The maximum Gasteiger partial charge on any atom is 0.0406 e. The monoisotopic (exact) mass is 279 g/mol. The molecule has 59 valence electrons. The molecule has 1 aromatic rings. The Morgan fingerprint density at radius 2 is 1.91 bits per heavy atom. The summed E-state index contributed by atoms with van der Waals surface area (Å²) in [6.45, 7) is 3.84. The molecule has 1 radical (unpaired) electrons. The second kappa shape index (κ2) is 4.31. The fraction of sp³-hybridized carbons (Fsp3) is 0.222. The van der Waals surface area contributed by atoms with E-state index in [4.69, 9.17) is 11.6 Å². The third-order valence-corrected chi connectivity index (χ3v) is 3.08. The molecule has 1 atom stereocenters. The molecule has 0 aliphatic heterocycles. The van der Waals surface area contributed by atoms with Gasteiger partial charge in [0.2, 0.25) is 0 Å². The SMILES string of the molecule is [CH2]CC(I)c1ccc(Cl)cc1. The molecule has 0 aromatic heterocycles. The van der Waals surface area contributed by atoms with Crippen molar-refractivity contribution in [2.45, 2.75) is 10.3 Å². The predicted molar refractivity (Wildman–Crippen MR) is 58.2 cm³/mol. The number of hydrogen-bond acceptors (Lipinski definition) is 0. The summed E-state index contributed by atoms with van der Waals surface area (Å²) < 4.78 is 0.505. The molecule has 1 unspecified atom stereocenters. The van der Waals surface area contributed by atoms with Gasteiger partial charge >= 0.3 is 0 Å². The van der Waals surface area contributed by atoms with Gasteiger partial charge in [-0.3, -0.25) is 0 Å². The summed E-state index contributed by atoms with van der Waals surface area (Å²) >= 11 is 8.12. The van der Waals surface area contributed by atoms with E-state index in [1.54, 1.807) is 0 Å². The van der Waals surface area contributed by atoms with E-state index >= 15 is 0 Å². The van der Waals surface area contributed by atoms with Gasteiger partial charge in [-0.25, -0.2) is 0 Å². The first-order valence-corrected chi connectivity index (χ1v) is 5.05. The van der Waals surface area contributed by atoms with Crippen molar-refractivity contribution >= 4 is 34.2 Å². The van der Waals surface area contributed by atoms with E-state index < -0.39 is 0 Å². The van der Waals surface area contributed by atoms with Crippen LogP contribution in [-0.2, 0) is 0 Å². The fourth-order valence-corrected chi connectivity index (χ4v) is 1.38. The van der Waals surface area contributed by atoms with Crippen LogP contribution < -0.4 is 0 Å². The lowest BCUT2D eigenvalue weighted by Crippen LogP contribution is -1.85. The average molecular weight is 280 g/mol. The first-order valence-electron chi connectivity index (χ1n) is 3.43. The lowest BCUT2D eigenvalue weighted by atomic mass is 10.1. The molecular weight excluding hydrogens is 270 g/mol. The van der Waals surface area contributed by atoms with Gasteiger partial charge < -0.3 is 0 Å². The van der Waals surface area contributed by atoms with Crippen LogP contribution in [0.15, 0.2) is 24.3 Å². The van der Waals surface area contributed by atoms with Crippen LogP contribution in [0.1, 0.15) is 15.9 Å². The quantitative estimate of drug-likeness (QED) is 0.566. The topological polar surface area (TPSA) is 0 Å². The number of rotatable bonds is 2. The molecule has 0 bridgehead atoms. The summed E-state index contributed by atoms with van der Waals surface area (Å²) in [5.74, 6) is 0. The first-order chi connectivity index (χ1) is 5.24. The zero-order valence-corrected chi connectivity index (χ0v) is 8.97. The summed E-state index contributed by atoms with van der Waals surface area (Å²) in [4.78, 5) is 0. The molecule has 0 aliphatic rings. The van der Waals surface area contributed by atoms with Crippen LogP contribution in [0.2, 0.25) is 5.02 Å². The third kappa shape index (κ3) is 2.64. The van der Waals surface area contributed by atoms with Crippen LogP contribution in [-0.4, -0.2) is 0 Å². The highest BCUT2D eigenvalue weighted by Crippen LogP contribution is 2.26. The Bertz CT molecular complexity index is 218. The Balaban J connectivity index is 2.81. The van der Waals surface area contributed by atoms with Gasteiger partial charge in [-0.1, -0.05) is 53.2 Å². The smallest absolute Gasteiger partial charge is 0.0406 e. The second-order valence-corrected chi connectivity index (χ2v) is 4.25. The maximum atomic E-state index is 5.74. The van der Waals surface area contributed by atoms with Crippen molar-refractivity contribution in [3.05, 3.63) is 41.8 Å². The lowest BCUT2D eigenvalue weighted by Gasteiger charge is -2.05. The van der Waals surface area contributed by atoms with Gasteiger partial charge in [0.15, 0.2) is 0 Å². The predicted octanol–water partition coefficient (Wildman–Crippen LogP) is 4.04. The van der Waals surface area contributed by atoms with Crippen molar-refractivity contribution < 1.29 is 0 Å². The summed E-state index contributed by atoms with van der Waals surface area (Å²) in [5, 5.41) is 0.793. The van der Waals surface area contributed by atoms with E-state index in [2.05, 4.69) is 29.5 Å². The molecule has 11 heavy (non-hydrogen) atoms. The van der Waals surface area contributed by atoms with Gasteiger partial charge in [-0.2, -0.15) is 0 Å². The van der Waals surface area contributed by atoms with E-state index in [1.165, 1.54) is 5.56 Å². The van der Waals surface area contributed by atoms with Crippen LogP contribution in [0.4, 0.5) is 0 Å². The zero-order chi connectivity index (χ0) is 8.27. The zero-order valence-electron chi connectivity index (χ0n) is 6.06. The molecule has 0 fully saturated rings. The summed E-state index contributed by atoms with van der Waals surface area (Å²) in [6.07, 6.45) is 0.919. The Hall–Kier alpha value is 0.240. The molecule has 1 rings (SSSR count). The van der Waals surface area contributed by atoms with E-state index in [1.807, 2.05) is 24.3 Å². The van der Waals surface area contributed by atoms with Gasteiger partial charge in [0, 0.05) is 8.95 Å². The van der Waals surface area contributed by atoms with Crippen molar-refractivity contribution in [3.8, 4) is 0 Å². The molecule has 0 saturated heterocycles. The molecule has 0 N–H and O–H groups in total. The van der Waals surface area contributed by atoms with Gasteiger partial charge in [0.25, 0.3) is 0 Å². The van der Waals surface area contributed by atoms with Crippen molar-refractivity contribution in [2.24, 2.45) is 0 Å². The van der Waals surface area contributed by atoms with Gasteiger partial charge in [0.05, 0.1) is 0 Å². The molecule has 0 aliphatic carbocycles. The molecule has 0 spiro atoms. The van der Waals surface area contributed by atoms with Crippen LogP contribution >= 0.6 is 34.2 Å². The number of hydrogen-bond donors (Lipinski definition) is 0. The lowest BCUT2D eigenvalue weighted by molar-refractivity contribution is 1.01. The van der Waals surface area contributed by atoms with Gasteiger partial charge in [0.1, 0.15) is 0 Å². The Morgan fingerprint density at radius 3 is 2.36 bits per heavy atom. The highest BCUT2D eigenvalue weighted by Gasteiger charge is 2.02. The minimum absolute atomic E-state index is 0.505. The minimum Gasteiger partial charge on any atom is -0.0843 e. The van der Waals surface area contributed by atoms with Crippen molar-refractivity contribution in [1.82, 2.24) is 0 Å². The van der Waals surface area contributed by atoms with Crippen molar-refractivity contribution in [1.29, 1.82) is 0 Å². The largest absolute Gasteiger partial charge is 0.0843 e. The second-order valence-electron chi connectivity index (χ2n) is 2.31. The normalized spacial score (nSPS) is 13.0. The molecule has 0 amide bonds. The molecule has 0 heterocycles. The summed E-state index contributed by atoms with van der Waals surface area (Å²) in [5.41, 5.74) is 1.30. The van der Waals surface area contributed by atoms with E-state index in [9.17, 15) is 0 Å². The van der Waals surface area contributed by atoms with E-state index in [0.29, 0.717) is 3.92 Å². The summed E-state index contributed by atoms with van der Waals surface area (Å²) in [7, 11) is 0. The number of halogens is 2. The van der Waals surface area contributed by atoms with Crippen LogP contribution in [0, 0.1) is 6.92 Å². The number of alkyl halides is 1. The average Bonchev–Trinajstić information content (AvgIpc) is 2.05. The third-order valence-electron chi connectivity index (χ3n) is 1.49. The molecule has 0 nitrogen and oxygen atoms in total. The van der Waals surface area contributed by atoms with Gasteiger partial charge in [-0.05, 0) is 24.1 Å². The van der Waals surface area contributed by atoms with E-state index in [-0.39, 0.29) is 0 Å². The van der Waals surface area contributed by atoms with Crippen LogP contribution in [0.3, 0.4) is 0 Å². The molecule has 2 heteroatoms. The Labute approximate surface area is 86.1 Å². The maximum absolute atomic E-state index is 5.74. The Kier molecular flexibility index (Phi) is 3.66. The minimum atomic E-state index is 0.505. The van der Waals surface area contributed by atoms with Crippen LogP contribution in [0.5, 0.6) is 0 Å². The van der Waals surface area contributed by atoms with Gasteiger partial charge in [-0.15, -0.1) is 0 Å². The summed E-state index contributed by atoms with van der Waals surface area (Å²) in [6, 6.07) is 7.92. The van der Waals surface area contributed by atoms with Crippen LogP contribution in [0.25, 0.3) is 0 Å². The molecule has 0 saturated carbocycles. The van der Waals surface area contributed by atoms with Crippen molar-refractivity contribution in [3.63, 3.8) is 0 Å². The highest BCUT2D eigenvalue weighted by atomic mass is 127. The number of benzene rings is 1. The molecular formula is C9H9ClI. The first kappa shape index (κ1) is 9.33. The fourth-order valence-electron chi connectivity index (χ4n) is 0.838. The Morgan fingerprint density at radius 1 is 1.36 bits per heavy atom. The standard InChI is InChI=1S/C9H9ClI/c1-2-9(11)7-3-5-8(10)6-4-7/h3-6,9H,1-2H2. The molecule has 1 aromatic carbocycles. The van der Waals surface area contributed by atoms with Crippen molar-refractivity contribution in [2.75, 3.05) is 0 Å². The highest BCUT2D eigenvalue weighted by molar-refractivity contribution is 14.1.